The van der Waals surface area contributed by atoms with Crippen molar-refractivity contribution in [3.63, 3.8) is 0 Å². The molecule has 5 nitrogen and oxygen atoms in total. The lowest BCUT2D eigenvalue weighted by Crippen LogP contribution is -2.22. The summed E-state index contributed by atoms with van der Waals surface area (Å²) in [4.78, 5) is 23.1. The summed E-state index contributed by atoms with van der Waals surface area (Å²) >= 11 is 11.5. The first-order valence-corrected chi connectivity index (χ1v) is 6.93. The standard InChI is InChI=1S/C15H11Cl2NO4/c16-10-3-1-9(2-4-10)13(14(19)20)22-15(21)18-12-7-5-11(17)6-8-12/h1-8,13H,(H,18,21)(H,19,20). The van der Waals surface area contributed by atoms with Crippen LogP contribution in [0.4, 0.5) is 10.5 Å². The largest absolute Gasteiger partial charge is 0.478 e. The molecule has 0 saturated heterocycles. The second-order valence-electron chi connectivity index (χ2n) is 4.31. The summed E-state index contributed by atoms with van der Waals surface area (Å²) in [5.74, 6) is -1.28. The smallest absolute Gasteiger partial charge is 0.412 e. The summed E-state index contributed by atoms with van der Waals surface area (Å²) in [6.07, 6.45) is -2.31. The predicted molar refractivity (Wildman–Crippen MR) is 83.4 cm³/mol. The Labute approximate surface area is 136 Å². The van der Waals surface area contributed by atoms with Crippen LogP contribution in [0.2, 0.25) is 10.0 Å². The van der Waals surface area contributed by atoms with Crippen molar-refractivity contribution in [2.75, 3.05) is 5.32 Å². The number of nitrogens with one attached hydrogen (secondary N) is 1. The van der Waals surface area contributed by atoms with E-state index in [0.717, 1.165) is 0 Å². The van der Waals surface area contributed by atoms with Crippen LogP contribution in [0.1, 0.15) is 11.7 Å². The number of ether oxygens (including phenoxy) is 1. The molecule has 0 saturated carbocycles. The number of carboxylic acids is 1. The Kier molecular flexibility index (Phi) is 5.25. The van der Waals surface area contributed by atoms with E-state index >= 15 is 0 Å². The molecular weight excluding hydrogens is 329 g/mol. The summed E-state index contributed by atoms with van der Waals surface area (Å²) < 4.78 is 4.95. The Bertz CT molecular complexity index is 671. The molecule has 22 heavy (non-hydrogen) atoms. The van der Waals surface area contributed by atoms with Gasteiger partial charge in [0.1, 0.15) is 0 Å². The van der Waals surface area contributed by atoms with Crippen LogP contribution in [0.3, 0.4) is 0 Å². The highest BCUT2D eigenvalue weighted by atomic mass is 35.5. The van der Waals surface area contributed by atoms with Gasteiger partial charge in [0.15, 0.2) is 0 Å². The van der Waals surface area contributed by atoms with Gasteiger partial charge < -0.3 is 9.84 Å². The molecule has 0 aliphatic heterocycles. The molecule has 0 spiro atoms. The lowest BCUT2D eigenvalue weighted by atomic mass is 10.1. The Hall–Kier alpha value is -2.24. The molecule has 0 aliphatic carbocycles. The minimum Gasteiger partial charge on any atom is -0.478 e. The van der Waals surface area contributed by atoms with E-state index in [1.807, 2.05) is 0 Å². The third kappa shape index (κ3) is 4.38. The normalized spacial score (nSPS) is 11.5. The average Bonchev–Trinajstić information content (AvgIpc) is 2.48. The van der Waals surface area contributed by atoms with Gasteiger partial charge in [0.25, 0.3) is 0 Å². The highest BCUT2D eigenvalue weighted by molar-refractivity contribution is 6.30. The number of carboxylic acid groups (broad SMARTS) is 1. The summed E-state index contributed by atoms with van der Waals surface area (Å²) in [7, 11) is 0. The molecule has 0 aromatic heterocycles. The Balaban J connectivity index is 2.07. The number of hydrogen-bond acceptors (Lipinski definition) is 3. The maximum absolute atomic E-state index is 11.8. The van der Waals surface area contributed by atoms with Gasteiger partial charge in [0.2, 0.25) is 6.10 Å². The molecule has 1 atom stereocenters. The fourth-order valence-corrected chi connectivity index (χ4v) is 1.94. The first-order valence-electron chi connectivity index (χ1n) is 6.17. The maximum atomic E-state index is 11.8. The second-order valence-corrected chi connectivity index (χ2v) is 5.18. The zero-order chi connectivity index (χ0) is 16.1. The van der Waals surface area contributed by atoms with E-state index in [1.54, 1.807) is 24.3 Å². The van der Waals surface area contributed by atoms with Gasteiger partial charge in [-0.2, -0.15) is 0 Å². The number of anilines is 1. The molecule has 2 N–H and O–H groups in total. The number of carbonyl (C=O) groups is 2. The van der Waals surface area contributed by atoms with E-state index in [9.17, 15) is 14.7 Å². The zero-order valence-corrected chi connectivity index (χ0v) is 12.6. The van der Waals surface area contributed by atoms with Crippen LogP contribution < -0.4 is 5.32 Å². The first-order chi connectivity index (χ1) is 10.5. The lowest BCUT2D eigenvalue weighted by molar-refractivity contribution is -0.146. The van der Waals surface area contributed by atoms with E-state index in [0.29, 0.717) is 21.3 Å². The van der Waals surface area contributed by atoms with Gasteiger partial charge in [0.05, 0.1) is 0 Å². The lowest BCUT2D eigenvalue weighted by Gasteiger charge is -2.14. The van der Waals surface area contributed by atoms with E-state index in [2.05, 4.69) is 5.32 Å². The number of rotatable bonds is 4. The van der Waals surface area contributed by atoms with Crippen LogP contribution in [0.25, 0.3) is 0 Å². The first kappa shape index (κ1) is 16.1. The second kappa shape index (κ2) is 7.15. The van der Waals surface area contributed by atoms with E-state index in [4.69, 9.17) is 27.9 Å². The van der Waals surface area contributed by atoms with Gasteiger partial charge in [-0.15, -0.1) is 0 Å². The maximum Gasteiger partial charge on any atom is 0.412 e. The molecule has 0 bridgehead atoms. The predicted octanol–water partition coefficient (Wildman–Crippen LogP) is 4.37. The molecule has 2 aromatic rings. The van der Waals surface area contributed by atoms with Crippen molar-refractivity contribution in [2.45, 2.75) is 6.10 Å². The van der Waals surface area contributed by atoms with Gasteiger partial charge in [-0.3, -0.25) is 5.32 Å². The van der Waals surface area contributed by atoms with E-state index in [1.165, 1.54) is 24.3 Å². The Morgan fingerprint density at radius 3 is 1.95 bits per heavy atom. The molecule has 2 aromatic carbocycles. The van der Waals surface area contributed by atoms with Crippen molar-refractivity contribution in [3.8, 4) is 0 Å². The Morgan fingerprint density at radius 1 is 0.955 bits per heavy atom. The molecule has 0 heterocycles. The highest BCUT2D eigenvalue weighted by Gasteiger charge is 2.24. The SMILES string of the molecule is O=C(Nc1ccc(Cl)cc1)OC(C(=O)O)c1ccc(Cl)cc1. The van der Waals surface area contributed by atoms with Crippen molar-refractivity contribution >= 4 is 41.0 Å². The fourth-order valence-electron chi connectivity index (χ4n) is 1.69. The van der Waals surface area contributed by atoms with Crippen molar-refractivity contribution in [3.05, 3.63) is 64.1 Å². The monoisotopic (exact) mass is 339 g/mol. The molecular formula is C15H11Cl2NO4. The van der Waals surface area contributed by atoms with Gasteiger partial charge in [-0.25, -0.2) is 9.59 Å². The number of hydrogen-bond donors (Lipinski definition) is 2. The number of carbonyl (C=O) groups excluding carboxylic acids is 1. The summed E-state index contributed by atoms with van der Waals surface area (Å²) in [5.41, 5.74) is 0.748. The highest BCUT2D eigenvalue weighted by Crippen LogP contribution is 2.21. The van der Waals surface area contributed by atoms with Crippen LogP contribution in [-0.4, -0.2) is 17.2 Å². The summed E-state index contributed by atoms with van der Waals surface area (Å²) in [5, 5.41) is 12.6. The Morgan fingerprint density at radius 2 is 1.45 bits per heavy atom. The van der Waals surface area contributed by atoms with Crippen molar-refractivity contribution < 1.29 is 19.4 Å². The molecule has 1 unspecified atom stereocenters. The zero-order valence-electron chi connectivity index (χ0n) is 11.1. The third-order valence-electron chi connectivity index (χ3n) is 2.71. The van der Waals surface area contributed by atoms with Crippen LogP contribution >= 0.6 is 23.2 Å². The number of benzene rings is 2. The quantitative estimate of drug-likeness (QED) is 0.867. The molecule has 0 aliphatic rings. The van der Waals surface area contributed by atoms with Crippen LogP contribution in [0.15, 0.2) is 48.5 Å². The third-order valence-corrected chi connectivity index (χ3v) is 3.22. The summed E-state index contributed by atoms with van der Waals surface area (Å²) in [6.45, 7) is 0. The molecule has 1 amide bonds. The van der Waals surface area contributed by atoms with Crippen molar-refractivity contribution in [1.82, 2.24) is 0 Å². The van der Waals surface area contributed by atoms with Crippen molar-refractivity contribution in [2.24, 2.45) is 0 Å². The number of aliphatic carboxylic acids is 1. The average molecular weight is 340 g/mol. The van der Waals surface area contributed by atoms with Crippen LogP contribution in [0.5, 0.6) is 0 Å². The van der Waals surface area contributed by atoms with E-state index in [-0.39, 0.29) is 0 Å². The van der Waals surface area contributed by atoms with Gasteiger partial charge in [-0.05, 0) is 36.4 Å². The molecule has 7 heteroatoms. The van der Waals surface area contributed by atoms with Gasteiger partial charge >= 0.3 is 12.1 Å². The van der Waals surface area contributed by atoms with E-state index < -0.39 is 18.2 Å². The minimum absolute atomic E-state index is 0.308. The molecule has 0 fully saturated rings. The van der Waals surface area contributed by atoms with Gasteiger partial charge in [0, 0.05) is 21.3 Å². The van der Waals surface area contributed by atoms with Crippen LogP contribution in [-0.2, 0) is 9.53 Å². The molecule has 2 rings (SSSR count). The summed E-state index contributed by atoms with van der Waals surface area (Å²) in [6, 6.07) is 12.3. The van der Waals surface area contributed by atoms with Gasteiger partial charge in [-0.1, -0.05) is 35.3 Å². The number of halogens is 2. The molecule has 114 valence electrons. The number of amides is 1. The molecule has 0 radical (unpaired) electrons. The van der Waals surface area contributed by atoms with Crippen molar-refractivity contribution in [1.29, 1.82) is 0 Å². The fraction of sp³-hybridized carbons (Fsp3) is 0.0667. The topological polar surface area (TPSA) is 75.6 Å². The van der Waals surface area contributed by atoms with Crippen LogP contribution in [0, 0.1) is 0 Å². The minimum atomic E-state index is -1.43.